The lowest BCUT2D eigenvalue weighted by Crippen LogP contribution is -2.46. The van der Waals surface area contributed by atoms with E-state index in [0.29, 0.717) is 38.6 Å². The molecule has 2 N–H and O–H groups in total. The van der Waals surface area contributed by atoms with Crippen molar-refractivity contribution >= 4 is 16.2 Å². The highest BCUT2D eigenvalue weighted by atomic mass is 32.2. The zero-order chi connectivity index (χ0) is 14.3. The molecular weight excluding hydrogens is 270 g/mol. The lowest BCUT2D eigenvalue weighted by Gasteiger charge is -2.29. The number of nitrogens with zero attached hydrogens (tertiary/aromatic N) is 2. The van der Waals surface area contributed by atoms with E-state index >= 15 is 0 Å². The van der Waals surface area contributed by atoms with Gasteiger partial charge in [-0.15, -0.1) is 0 Å². The summed E-state index contributed by atoms with van der Waals surface area (Å²) in [7, 11) is -3.51. The summed E-state index contributed by atoms with van der Waals surface area (Å²) in [5.74, 6) is -1.30. The molecule has 7 nitrogen and oxygen atoms in total. The van der Waals surface area contributed by atoms with Crippen LogP contribution in [0, 0.1) is 17.2 Å². The van der Waals surface area contributed by atoms with Crippen molar-refractivity contribution in [3.63, 3.8) is 0 Å². The number of carbonyl (C=O) groups is 1. The Labute approximate surface area is 113 Å². The number of hydrogen-bond donors (Lipinski definition) is 2. The summed E-state index contributed by atoms with van der Waals surface area (Å²) >= 11 is 0. The number of aliphatic carboxylic acids is 1. The SMILES string of the molecule is N#CCCCCNS(=O)(=O)N1CCC(C(=O)O)CC1. The van der Waals surface area contributed by atoms with E-state index in [9.17, 15) is 13.2 Å². The van der Waals surface area contributed by atoms with Gasteiger partial charge in [0.05, 0.1) is 12.0 Å². The fraction of sp³-hybridized carbons (Fsp3) is 0.818. The van der Waals surface area contributed by atoms with Crippen LogP contribution in [0.2, 0.25) is 0 Å². The Morgan fingerprint density at radius 3 is 2.53 bits per heavy atom. The summed E-state index contributed by atoms with van der Waals surface area (Å²) in [6.45, 7) is 0.790. The normalized spacial score (nSPS) is 18.1. The lowest BCUT2D eigenvalue weighted by molar-refractivity contribution is -0.142. The summed E-state index contributed by atoms with van der Waals surface area (Å²) in [5.41, 5.74) is 0. The van der Waals surface area contributed by atoms with E-state index in [1.54, 1.807) is 0 Å². The fourth-order valence-corrected chi connectivity index (χ4v) is 3.24. The molecule has 1 aliphatic heterocycles. The van der Waals surface area contributed by atoms with E-state index in [-0.39, 0.29) is 13.1 Å². The van der Waals surface area contributed by atoms with Gasteiger partial charge in [0.1, 0.15) is 0 Å². The molecular formula is C11H19N3O4S. The smallest absolute Gasteiger partial charge is 0.306 e. The van der Waals surface area contributed by atoms with Gasteiger partial charge in [0.25, 0.3) is 10.2 Å². The molecule has 0 aliphatic carbocycles. The Kier molecular flexibility index (Phi) is 6.21. The van der Waals surface area contributed by atoms with E-state index in [1.807, 2.05) is 6.07 Å². The first kappa shape index (κ1) is 15.9. The standard InChI is InChI=1S/C11H19N3O4S/c12-6-2-1-3-7-13-19(17,18)14-8-4-10(5-9-14)11(15)16/h10,13H,1-5,7-9H2,(H,15,16). The highest BCUT2D eigenvalue weighted by Crippen LogP contribution is 2.19. The van der Waals surface area contributed by atoms with Crippen molar-refractivity contribution in [2.45, 2.75) is 32.1 Å². The van der Waals surface area contributed by atoms with Gasteiger partial charge in [-0.25, -0.2) is 4.72 Å². The fourth-order valence-electron chi connectivity index (χ4n) is 1.96. The molecule has 0 saturated carbocycles. The minimum atomic E-state index is -3.51. The molecule has 1 fully saturated rings. The van der Waals surface area contributed by atoms with Crippen LogP contribution in [-0.2, 0) is 15.0 Å². The molecule has 0 aromatic carbocycles. The van der Waals surface area contributed by atoms with Gasteiger partial charge < -0.3 is 5.11 Å². The summed E-state index contributed by atoms with van der Waals surface area (Å²) in [6, 6.07) is 2.00. The Morgan fingerprint density at radius 2 is 2.00 bits per heavy atom. The van der Waals surface area contributed by atoms with Gasteiger partial charge >= 0.3 is 5.97 Å². The van der Waals surface area contributed by atoms with E-state index in [0.717, 1.165) is 0 Å². The van der Waals surface area contributed by atoms with E-state index in [4.69, 9.17) is 10.4 Å². The molecule has 0 atom stereocenters. The Balaban J connectivity index is 2.34. The molecule has 8 heteroatoms. The molecule has 0 aromatic heterocycles. The molecule has 0 bridgehead atoms. The number of nitriles is 1. The van der Waals surface area contributed by atoms with Crippen molar-refractivity contribution in [2.24, 2.45) is 5.92 Å². The predicted octanol–water partition coefficient (Wildman–Crippen LogP) is 0.311. The highest BCUT2D eigenvalue weighted by Gasteiger charge is 2.30. The van der Waals surface area contributed by atoms with Crippen molar-refractivity contribution in [3.05, 3.63) is 0 Å². The third-order valence-corrected chi connectivity index (χ3v) is 4.76. The van der Waals surface area contributed by atoms with Crippen LogP contribution in [0.3, 0.4) is 0 Å². The maximum absolute atomic E-state index is 11.9. The molecule has 1 rings (SSSR count). The summed E-state index contributed by atoms with van der Waals surface area (Å²) in [4.78, 5) is 10.8. The largest absolute Gasteiger partial charge is 0.481 e. The number of nitrogens with one attached hydrogen (secondary N) is 1. The van der Waals surface area contributed by atoms with Gasteiger partial charge in [-0.2, -0.15) is 18.0 Å². The third kappa shape index (κ3) is 5.14. The third-order valence-electron chi connectivity index (χ3n) is 3.14. The monoisotopic (exact) mass is 289 g/mol. The van der Waals surface area contributed by atoms with Gasteiger partial charge in [0, 0.05) is 26.1 Å². The van der Waals surface area contributed by atoms with Crippen LogP contribution in [0.5, 0.6) is 0 Å². The number of unbranched alkanes of at least 4 members (excludes halogenated alkanes) is 2. The molecule has 0 aromatic rings. The highest BCUT2D eigenvalue weighted by molar-refractivity contribution is 7.87. The molecule has 19 heavy (non-hydrogen) atoms. The average Bonchev–Trinajstić information content (AvgIpc) is 2.38. The van der Waals surface area contributed by atoms with E-state index in [2.05, 4.69) is 4.72 Å². The first-order valence-corrected chi connectivity index (χ1v) is 7.76. The Morgan fingerprint density at radius 1 is 1.37 bits per heavy atom. The van der Waals surface area contributed by atoms with Crippen LogP contribution in [0.1, 0.15) is 32.1 Å². The van der Waals surface area contributed by atoms with Crippen molar-refractivity contribution in [3.8, 4) is 6.07 Å². The molecule has 1 saturated heterocycles. The average molecular weight is 289 g/mol. The van der Waals surface area contributed by atoms with Crippen LogP contribution >= 0.6 is 0 Å². The van der Waals surface area contributed by atoms with Crippen LogP contribution in [-0.4, -0.2) is 43.4 Å². The molecule has 0 spiro atoms. The van der Waals surface area contributed by atoms with Crippen molar-refractivity contribution < 1.29 is 18.3 Å². The molecule has 1 aliphatic rings. The maximum Gasteiger partial charge on any atom is 0.306 e. The summed E-state index contributed by atoms with van der Waals surface area (Å²) < 4.78 is 27.6. The van der Waals surface area contributed by atoms with Gasteiger partial charge in [-0.05, 0) is 25.7 Å². The topological polar surface area (TPSA) is 111 Å². The minimum absolute atomic E-state index is 0.241. The number of hydrogen-bond acceptors (Lipinski definition) is 4. The zero-order valence-electron chi connectivity index (χ0n) is 10.7. The van der Waals surface area contributed by atoms with Crippen LogP contribution < -0.4 is 4.72 Å². The first-order valence-electron chi connectivity index (χ1n) is 6.32. The molecule has 0 amide bonds. The second-order valence-corrected chi connectivity index (χ2v) is 6.28. The Hall–Kier alpha value is -1.17. The number of piperidine rings is 1. The number of carboxylic acids is 1. The van der Waals surface area contributed by atoms with Gasteiger partial charge in [0.15, 0.2) is 0 Å². The number of carboxylic acid groups (broad SMARTS) is 1. The first-order chi connectivity index (χ1) is 8.97. The van der Waals surface area contributed by atoms with Crippen LogP contribution in [0.25, 0.3) is 0 Å². The zero-order valence-corrected chi connectivity index (χ0v) is 11.5. The van der Waals surface area contributed by atoms with Gasteiger partial charge in [0.2, 0.25) is 0 Å². The van der Waals surface area contributed by atoms with Gasteiger partial charge in [-0.1, -0.05) is 0 Å². The lowest BCUT2D eigenvalue weighted by atomic mass is 9.99. The second kappa shape index (κ2) is 7.43. The van der Waals surface area contributed by atoms with E-state index < -0.39 is 22.1 Å². The van der Waals surface area contributed by atoms with Crippen molar-refractivity contribution in [2.75, 3.05) is 19.6 Å². The number of rotatable bonds is 7. The van der Waals surface area contributed by atoms with Crippen LogP contribution in [0.4, 0.5) is 0 Å². The molecule has 1 heterocycles. The Bertz CT molecular complexity index is 435. The second-order valence-electron chi connectivity index (χ2n) is 4.53. The maximum atomic E-state index is 11.9. The molecule has 0 unspecified atom stereocenters. The summed E-state index contributed by atoms with van der Waals surface area (Å²) in [6.07, 6.45) is 2.42. The van der Waals surface area contributed by atoms with E-state index in [1.165, 1.54) is 4.31 Å². The molecule has 0 radical (unpaired) electrons. The molecule has 108 valence electrons. The van der Waals surface area contributed by atoms with Crippen molar-refractivity contribution in [1.29, 1.82) is 5.26 Å². The van der Waals surface area contributed by atoms with Crippen LogP contribution in [0.15, 0.2) is 0 Å². The predicted molar refractivity (Wildman–Crippen MR) is 68.3 cm³/mol. The van der Waals surface area contributed by atoms with Crippen molar-refractivity contribution in [1.82, 2.24) is 9.03 Å². The van der Waals surface area contributed by atoms with Gasteiger partial charge in [-0.3, -0.25) is 4.79 Å². The minimum Gasteiger partial charge on any atom is -0.481 e. The quantitative estimate of drug-likeness (QED) is 0.655. The summed E-state index contributed by atoms with van der Waals surface area (Å²) in [5, 5.41) is 17.2.